The van der Waals surface area contributed by atoms with Gasteiger partial charge in [0.1, 0.15) is 22.9 Å². The Labute approximate surface area is 198 Å². The number of rotatable bonds is 8. The van der Waals surface area contributed by atoms with Gasteiger partial charge >= 0.3 is 0 Å². The van der Waals surface area contributed by atoms with E-state index < -0.39 is 11.8 Å². The lowest BCUT2D eigenvalue weighted by atomic mass is 10.0. The van der Waals surface area contributed by atoms with E-state index in [2.05, 4.69) is 5.32 Å². The molecule has 3 aromatic carbocycles. The molecule has 34 heavy (non-hydrogen) atoms. The molecule has 1 aliphatic heterocycles. The van der Waals surface area contributed by atoms with E-state index in [9.17, 15) is 9.59 Å². The molecule has 3 aromatic rings. The van der Waals surface area contributed by atoms with E-state index in [0.29, 0.717) is 34.2 Å². The van der Waals surface area contributed by atoms with Gasteiger partial charge in [-0.3, -0.25) is 9.59 Å². The molecule has 7 heteroatoms. The largest absolute Gasteiger partial charge is 0.497 e. The number of carbonyl (C=O) groups excluding carboxylic acids is 2. The summed E-state index contributed by atoms with van der Waals surface area (Å²) in [4.78, 5) is 28.3. The van der Waals surface area contributed by atoms with Crippen LogP contribution in [-0.2, 0) is 9.59 Å². The van der Waals surface area contributed by atoms with Gasteiger partial charge in [0.2, 0.25) is 0 Å². The van der Waals surface area contributed by atoms with Gasteiger partial charge in [-0.2, -0.15) is 0 Å². The average molecular weight is 459 g/mol. The van der Waals surface area contributed by atoms with Crippen LogP contribution in [0.1, 0.15) is 19.4 Å². The topological polar surface area (TPSA) is 77.1 Å². The third-order valence-electron chi connectivity index (χ3n) is 5.29. The van der Waals surface area contributed by atoms with Crippen molar-refractivity contribution < 1.29 is 23.8 Å². The van der Waals surface area contributed by atoms with Gasteiger partial charge in [-0.05, 0) is 68.4 Å². The van der Waals surface area contributed by atoms with Crippen LogP contribution in [0, 0.1) is 0 Å². The van der Waals surface area contributed by atoms with E-state index in [4.69, 9.17) is 14.2 Å². The zero-order valence-corrected chi connectivity index (χ0v) is 19.5. The Bertz CT molecular complexity index is 1230. The van der Waals surface area contributed by atoms with Crippen LogP contribution >= 0.6 is 0 Å². The Morgan fingerprint density at radius 2 is 1.41 bits per heavy atom. The predicted molar refractivity (Wildman–Crippen MR) is 131 cm³/mol. The Morgan fingerprint density at radius 1 is 0.765 bits per heavy atom. The van der Waals surface area contributed by atoms with E-state index in [-0.39, 0.29) is 17.4 Å². The number of hydrogen-bond acceptors (Lipinski definition) is 6. The second-order valence-corrected chi connectivity index (χ2v) is 7.91. The number of benzene rings is 3. The average Bonchev–Trinajstić information content (AvgIpc) is 3.09. The normalized spacial score (nSPS) is 13.5. The number of ether oxygens (including phenoxy) is 3. The Morgan fingerprint density at radius 3 is 2.03 bits per heavy atom. The molecule has 0 aliphatic carbocycles. The molecule has 0 radical (unpaired) electrons. The maximum atomic E-state index is 13.6. The highest BCUT2D eigenvalue weighted by atomic mass is 16.5. The van der Waals surface area contributed by atoms with E-state index in [1.54, 1.807) is 61.7 Å². The summed E-state index contributed by atoms with van der Waals surface area (Å²) in [6, 6.07) is 21.1. The molecule has 4 rings (SSSR count). The zero-order valence-electron chi connectivity index (χ0n) is 19.5. The first-order chi connectivity index (χ1) is 16.4. The highest BCUT2D eigenvalue weighted by molar-refractivity contribution is 6.46. The van der Waals surface area contributed by atoms with Gasteiger partial charge in [0.25, 0.3) is 11.8 Å². The van der Waals surface area contributed by atoms with Crippen molar-refractivity contribution in [2.45, 2.75) is 20.0 Å². The lowest BCUT2D eigenvalue weighted by Gasteiger charge is -2.16. The molecular formula is C27H26N2O5. The molecule has 2 amide bonds. The number of methoxy groups -OCH3 is 2. The third-order valence-corrected chi connectivity index (χ3v) is 5.29. The van der Waals surface area contributed by atoms with Crippen LogP contribution in [0.5, 0.6) is 17.2 Å². The maximum absolute atomic E-state index is 13.6. The summed E-state index contributed by atoms with van der Waals surface area (Å²) in [6.07, 6.45) is 0.0470. The number of nitrogens with zero attached hydrogens (tertiary/aromatic N) is 1. The van der Waals surface area contributed by atoms with E-state index in [1.807, 2.05) is 32.0 Å². The van der Waals surface area contributed by atoms with E-state index in [1.165, 1.54) is 7.11 Å². The second kappa shape index (κ2) is 9.70. The van der Waals surface area contributed by atoms with Crippen molar-refractivity contribution in [3.05, 3.63) is 84.1 Å². The van der Waals surface area contributed by atoms with Crippen LogP contribution in [0.25, 0.3) is 5.57 Å². The first kappa shape index (κ1) is 22.9. The molecule has 1 heterocycles. The molecular weight excluding hydrogens is 432 g/mol. The molecule has 0 atom stereocenters. The molecule has 0 fully saturated rings. The summed E-state index contributed by atoms with van der Waals surface area (Å²) in [5.74, 6) is 0.937. The van der Waals surface area contributed by atoms with Crippen molar-refractivity contribution in [1.82, 2.24) is 0 Å². The van der Waals surface area contributed by atoms with Crippen LogP contribution < -0.4 is 24.4 Å². The number of imide groups is 1. The molecule has 174 valence electrons. The molecule has 0 unspecified atom stereocenters. The standard InChI is InChI=1S/C27H26N2O5/c1-17(2)34-21-13-9-18(10-14-21)28-25-24(22-7-5-6-8-23(22)33-4)26(30)29(27(25)31)19-11-15-20(32-3)16-12-19/h5-17,28H,1-4H3. The summed E-state index contributed by atoms with van der Waals surface area (Å²) in [6.45, 7) is 3.90. The predicted octanol–water partition coefficient (Wildman–Crippen LogP) is 4.89. The first-order valence-corrected chi connectivity index (χ1v) is 10.9. The van der Waals surface area contributed by atoms with Gasteiger partial charge < -0.3 is 19.5 Å². The van der Waals surface area contributed by atoms with E-state index in [0.717, 1.165) is 4.90 Å². The summed E-state index contributed by atoms with van der Waals surface area (Å²) in [5.41, 5.74) is 2.03. The second-order valence-electron chi connectivity index (χ2n) is 7.91. The van der Waals surface area contributed by atoms with Crippen molar-refractivity contribution in [2.75, 3.05) is 24.4 Å². The number of nitrogens with one attached hydrogen (secondary N) is 1. The summed E-state index contributed by atoms with van der Waals surface area (Å²) in [5, 5.41) is 3.16. The van der Waals surface area contributed by atoms with Crippen molar-refractivity contribution in [1.29, 1.82) is 0 Å². The van der Waals surface area contributed by atoms with Crippen molar-refractivity contribution >= 4 is 28.8 Å². The molecule has 0 bridgehead atoms. The van der Waals surface area contributed by atoms with Crippen LogP contribution in [0.2, 0.25) is 0 Å². The van der Waals surface area contributed by atoms with Gasteiger partial charge in [0.15, 0.2) is 0 Å². The maximum Gasteiger partial charge on any atom is 0.282 e. The Kier molecular flexibility index (Phi) is 6.54. The quantitative estimate of drug-likeness (QED) is 0.485. The number of carbonyl (C=O) groups is 2. The Balaban J connectivity index is 1.76. The number of para-hydroxylation sites is 1. The fraction of sp³-hybridized carbons (Fsp3) is 0.185. The summed E-state index contributed by atoms with van der Waals surface area (Å²) < 4.78 is 16.4. The number of amides is 2. The van der Waals surface area contributed by atoms with Gasteiger partial charge in [0, 0.05) is 11.3 Å². The van der Waals surface area contributed by atoms with Crippen molar-refractivity contribution in [3.8, 4) is 17.2 Å². The molecule has 1 N–H and O–H groups in total. The Hall–Kier alpha value is -4.26. The molecule has 7 nitrogen and oxygen atoms in total. The van der Waals surface area contributed by atoms with Crippen molar-refractivity contribution in [2.24, 2.45) is 0 Å². The van der Waals surface area contributed by atoms with Crippen LogP contribution in [0.4, 0.5) is 11.4 Å². The van der Waals surface area contributed by atoms with Crippen molar-refractivity contribution in [3.63, 3.8) is 0 Å². The van der Waals surface area contributed by atoms with Gasteiger partial charge in [0.05, 0.1) is 31.6 Å². The lowest BCUT2D eigenvalue weighted by Crippen LogP contribution is -2.32. The zero-order chi connectivity index (χ0) is 24.2. The number of hydrogen-bond donors (Lipinski definition) is 1. The fourth-order valence-electron chi connectivity index (χ4n) is 3.75. The van der Waals surface area contributed by atoms with Gasteiger partial charge in [-0.1, -0.05) is 18.2 Å². The molecule has 0 spiro atoms. The molecule has 1 aliphatic rings. The molecule has 0 saturated heterocycles. The van der Waals surface area contributed by atoms with Crippen LogP contribution in [0.3, 0.4) is 0 Å². The first-order valence-electron chi connectivity index (χ1n) is 10.9. The minimum atomic E-state index is -0.460. The summed E-state index contributed by atoms with van der Waals surface area (Å²) >= 11 is 0. The van der Waals surface area contributed by atoms with Crippen LogP contribution in [0.15, 0.2) is 78.5 Å². The molecule has 0 saturated carbocycles. The minimum absolute atomic E-state index is 0.0470. The highest BCUT2D eigenvalue weighted by Crippen LogP contribution is 2.37. The number of anilines is 2. The minimum Gasteiger partial charge on any atom is -0.497 e. The summed E-state index contributed by atoms with van der Waals surface area (Å²) in [7, 11) is 3.09. The SMILES string of the molecule is COc1ccc(N2C(=O)C(Nc3ccc(OC(C)C)cc3)=C(c3ccccc3OC)C2=O)cc1. The highest BCUT2D eigenvalue weighted by Gasteiger charge is 2.41. The lowest BCUT2D eigenvalue weighted by molar-refractivity contribution is -0.120. The molecule has 0 aromatic heterocycles. The van der Waals surface area contributed by atoms with Gasteiger partial charge in [-0.15, -0.1) is 0 Å². The van der Waals surface area contributed by atoms with Crippen LogP contribution in [-0.4, -0.2) is 32.1 Å². The van der Waals surface area contributed by atoms with E-state index >= 15 is 0 Å². The van der Waals surface area contributed by atoms with Gasteiger partial charge in [-0.25, -0.2) is 4.90 Å². The smallest absolute Gasteiger partial charge is 0.282 e. The fourth-order valence-corrected chi connectivity index (χ4v) is 3.75. The monoisotopic (exact) mass is 458 g/mol. The third kappa shape index (κ3) is 4.45.